The van der Waals surface area contributed by atoms with Gasteiger partial charge in [0, 0.05) is 0 Å². The molecule has 2 bridgehead atoms. The second-order valence-corrected chi connectivity index (χ2v) is 4.92. The standard InChI is InChI=1S/C12H18O/c1-9-10-4-5-11(8-10)12(9,2)6-3-7-13/h3,6-7,9-11H,4-5,8H2,1-2H3/b6-3+. The quantitative estimate of drug-likeness (QED) is 0.469. The first-order valence-corrected chi connectivity index (χ1v) is 5.31. The lowest BCUT2D eigenvalue weighted by Crippen LogP contribution is -2.29. The van der Waals surface area contributed by atoms with Crippen LogP contribution in [0.5, 0.6) is 0 Å². The molecule has 0 aromatic carbocycles. The molecule has 2 rings (SSSR count). The van der Waals surface area contributed by atoms with E-state index in [0.29, 0.717) is 5.41 Å². The number of aldehydes is 1. The van der Waals surface area contributed by atoms with Crippen LogP contribution in [0.2, 0.25) is 0 Å². The summed E-state index contributed by atoms with van der Waals surface area (Å²) >= 11 is 0. The monoisotopic (exact) mass is 178 g/mol. The molecule has 1 heteroatoms. The Kier molecular flexibility index (Phi) is 2.05. The highest BCUT2D eigenvalue weighted by molar-refractivity contribution is 5.65. The van der Waals surface area contributed by atoms with Crippen molar-refractivity contribution in [3.05, 3.63) is 12.2 Å². The predicted octanol–water partition coefficient (Wildman–Crippen LogP) is 2.81. The van der Waals surface area contributed by atoms with Gasteiger partial charge < -0.3 is 0 Å². The van der Waals surface area contributed by atoms with Gasteiger partial charge in [0.1, 0.15) is 6.29 Å². The molecule has 2 aliphatic carbocycles. The Labute approximate surface area is 80.2 Å². The van der Waals surface area contributed by atoms with E-state index in [-0.39, 0.29) is 0 Å². The summed E-state index contributed by atoms with van der Waals surface area (Å²) in [5, 5.41) is 0. The molecule has 0 aliphatic heterocycles. The first-order valence-electron chi connectivity index (χ1n) is 5.31. The smallest absolute Gasteiger partial charge is 0.142 e. The molecule has 0 saturated heterocycles. The number of rotatable bonds is 2. The highest BCUT2D eigenvalue weighted by Gasteiger charge is 2.51. The van der Waals surface area contributed by atoms with Crippen molar-refractivity contribution in [3.63, 3.8) is 0 Å². The number of allylic oxidation sites excluding steroid dienone is 2. The Balaban J connectivity index is 2.22. The van der Waals surface area contributed by atoms with Crippen LogP contribution < -0.4 is 0 Å². The van der Waals surface area contributed by atoms with Crippen molar-refractivity contribution in [2.45, 2.75) is 33.1 Å². The highest BCUT2D eigenvalue weighted by atomic mass is 16.1. The van der Waals surface area contributed by atoms with E-state index in [1.807, 2.05) is 0 Å². The zero-order chi connectivity index (χ0) is 9.47. The molecular formula is C12H18O. The van der Waals surface area contributed by atoms with Gasteiger partial charge in [-0.3, -0.25) is 4.79 Å². The van der Waals surface area contributed by atoms with Crippen LogP contribution in [0.15, 0.2) is 12.2 Å². The summed E-state index contributed by atoms with van der Waals surface area (Å²) in [4.78, 5) is 10.3. The lowest BCUT2D eigenvalue weighted by molar-refractivity contribution is -0.104. The van der Waals surface area contributed by atoms with E-state index in [1.54, 1.807) is 6.08 Å². The molecule has 0 spiro atoms. The third-order valence-electron chi connectivity index (χ3n) is 4.57. The van der Waals surface area contributed by atoms with Gasteiger partial charge in [0.25, 0.3) is 0 Å². The average molecular weight is 178 g/mol. The normalized spacial score (nSPS) is 48.9. The minimum absolute atomic E-state index is 0.309. The van der Waals surface area contributed by atoms with Gasteiger partial charge in [-0.05, 0) is 48.5 Å². The first kappa shape index (κ1) is 8.98. The molecule has 1 nitrogen and oxygen atoms in total. The van der Waals surface area contributed by atoms with Gasteiger partial charge in [-0.25, -0.2) is 0 Å². The van der Waals surface area contributed by atoms with Gasteiger partial charge in [-0.2, -0.15) is 0 Å². The van der Waals surface area contributed by atoms with Crippen LogP contribution >= 0.6 is 0 Å². The van der Waals surface area contributed by atoms with Crippen LogP contribution in [0.3, 0.4) is 0 Å². The first-order chi connectivity index (χ1) is 6.18. The molecule has 72 valence electrons. The third kappa shape index (κ3) is 1.17. The van der Waals surface area contributed by atoms with Crippen LogP contribution in [-0.2, 0) is 4.79 Å². The fraction of sp³-hybridized carbons (Fsp3) is 0.750. The summed E-state index contributed by atoms with van der Waals surface area (Å²) < 4.78 is 0. The fourth-order valence-corrected chi connectivity index (χ4v) is 3.45. The van der Waals surface area contributed by atoms with E-state index < -0.39 is 0 Å². The molecule has 0 radical (unpaired) electrons. The third-order valence-corrected chi connectivity index (χ3v) is 4.57. The SMILES string of the molecule is CC1C2CCC(C2)C1(C)/C=C/C=O. The predicted molar refractivity (Wildman–Crippen MR) is 53.3 cm³/mol. The number of fused-ring (bicyclic) bond motifs is 2. The molecule has 2 saturated carbocycles. The van der Waals surface area contributed by atoms with Crippen LogP contribution in [-0.4, -0.2) is 6.29 Å². The van der Waals surface area contributed by atoms with Crippen molar-refractivity contribution in [1.29, 1.82) is 0 Å². The van der Waals surface area contributed by atoms with Gasteiger partial charge in [0.05, 0.1) is 0 Å². The average Bonchev–Trinajstić information content (AvgIpc) is 2.68. The Bertz CT molecular complexity index is 240. The van der Waals surface area contributed by atoms with Gasteiger partial charge in [0.15, 0.2) is 0 Å². The van der Waals surface area contributed by atoms with Crippen molar-refractivity contribution in [3.8, 4) is 0 Å². The zero-order valence-electron chi connectivity index (χ0n) is 8.49. The Morgan fingerprint density at radius 2 is 2.15 bits per heavy atom. The number of carbonyl (C=O) groups excluding carboxylic acids is 1. The van der Waals surface area contributed by atoms with Gasteiger partial charge in [-0.1, -0.05) is 19.9 Å². The van der Waals surface area contributed by atoms with E-state index in [0.717, 1.165) is 24.0 Å². The molecule has 13 heavy (non-hydrogen) atoms. The Morgan fingerprint density at radius 1 is 1.38 bits per heavy atom. The van der Waals surface area contributed by atoms with E-state index in [1.165, 1.54) is 19.3 Å². The van der Waals surface area contributed by atoms with Crippen molar-refractivity contribution >= 4 is 6.29 Å². The minimum atomic E-state index is 0.309. The van der Waals surface area contributed by atoms with Crippen LogP contribution in [0.1, 0.15) is 33.1 Å². The van der Waals surface area contributed by atoms with E-state index >= 15 is 0 Å². The summed E-state index contributed by atoms with van der Waals surface area (Å²) in [5.74, 6) is 2.53. The zero-order valence-corrected chi connectivity index (χ0v) is 8.49. The van der Waals surface area contributed by atoms with Crippen LogP contribution in [0.4, 0.5) is 0 Å². The van der Waals surface area contributed by atoms with Gasteiger partial charge >= 0.3 is 0 Å². The van der Waals surface area contributed by atoms with Gasteiger partial charge in [-0.15, -0.1) is 0 Å². The molecule has 4 unspecified atom stereocenters. The number of carbonyl (C=O) groups is 1. The molecular weight excluding hydrogens is 160 g/mol. The summed E-state index contributed by atoms with van der Waals surface area (Å²) in [6.07, 6.45) is 8.92. The van der Waals surface area contributed by atoms with Crippen molar-refractivity contribution < 1.29 is 4.79 Å². The Hall–Kier alpha value is -0.590. The molecule has 4 atom stereocenters. The second kappa shape index (κ2) is 2.97. The lowest BCUT2D eigenvalue weighted by Gasteiger charge is -2.36. The summed E-state index contributed by atoms with van der Waals surface area (Å²) in [5.41, 5.74) is 0.309. The largest absolute Gasteiger partial charge is 0.299 e. The summed E-state index contributed by atoms with van der Waals surface area (Å²) in [6.45, 7) is 4.67. The van der Waals surface area contributed by atoms with Crippen molar-refractivity contribution in [2.24, 2.45) is 23.2 Å². The van der Waals surface area contributed by atoms with E-state index in [9.17, 15) is 4.79 Å². The maximum absolute atomic E-state index is 10.3. The second-order valence-electron chi connectivity index (χ2n) is 4.92. The number of hydrogen-bond donors (Lipinski definition) is 0. The van der Waals surface area contributed by atoms with E-state index in [2.05, 4.69) is 19.9 Å². The maximum Gasteiger partial charge on any atom is 0.142 e. The lowest BCUT2D eigenvalue weighted by atomic mass is 9.68. The molecule has 0 aromatic heterocycles. The summed E-state index contributed by atoms with van der Waals surface area (Å²) in [7, 11) is 0. The highest BCUT2D eigenvalue weighted by Crippen LogP contribution is 2.59. The molecule has 0 heterocycles. The summed E-state index contributed by atoms with van der Waals surface area (Å²) in [6, 6.07) is 0. The van der Waals surface area contributed by atoms with Crippen molar-refractivity contribution in [1.82, 2.24) is 0 Å². The van der Waals surface area contributed by atoms with Crippen molar-refractivity contribution in [2.75, 3.05) is 0 Å². The molecule has 2 aliphatic rings. The Morgan fingerprint density at radius 3 is 2.69 bits per heavy atom. The number of hydrogen-bond acceptors (Lipinski definition) is 1. The van der Waals surface area contributed by atoms with Gasteiger partial charge in [0.2, 0.25) is 0 Å². The van der Waals surface area contributed by atoms with E-state index in [4.69, 9.17) is 0 Å². The van der Waals surface area contributed by atoms with Crippen LogP contribution in [0, 0.1) is 23.2 Å². The topological polar surface area (TPSA) is 17.1 Å². The van der Waals surface area contributed by atoms with Crippen LogP contribution in [0.25, 0.3) is 0 Å². The molecule has 0 aromatic rings. The molecule has 2 fully saturated rings. The molecule has 0 amide bonds. The fourth-order valence-electron chi connectivity index (χ4n) is 3.45. The maximum atomic E-state index is 10.3. The minimum Gasteiger partial charge on any atom is -0.299 e. The molecule has 0 N–H and O–H groups in total.